The molecule has 0 aliphatic heterocycles. The number of aliphatic hydroxyl groups is 1. The summed E-state index contributed by atoms with van der Waals surface area (Å²) in [4.78, 5) is 3.59. The van der Waals surface area contributed by atoms with Crippen LogP contribution in [-0.2, 0) is 6.18 Å². The van der Waals surface area contributed by atoms with E-state index in [4.69, 9.17) is 4.42 Å². The number of aromatic nitrogens is 1. The van der Waals surface area contributed by atoms with Gasteiger partial charge in [0.25, 0.3) is 0 Å². The number of nitrogens with zero attached hydrogens (tertiary/aromatic N) is 1. The van der Waals surface area contributed by atoms with Gasteiger partial charge in [0.05, 0.1) is 22.0 Å². The molecule has 0 amide bonds. The summed E-state index contributed by atoms with van der Waals surface area (Å²) in [6.45, 7) is 0. The summed E-state index contributed by atoms with van der Waals surface area (Å²) in [5.41, 5.74) is -0.782. The van der Waals surface area contributed by atoms with Crippen molar-refractivity contribution in [2.45, 2.75) is 12.3 Å². The third kappa shape index (κ3) is 2.56. The average molecular weight is 322 g/mol. The quantitative estimate of drug-likeness (QED) is 0.920. The number of hydrogen-bond donors (Lipinski definition) is 1. The van der Waals surface area contributed by atoms with Crippen LogP contribution in [0.2, 0.25) is 0 Å². The first-order valence-electron chi connectivity index (χ1n) is 4.83. The number of rotatable bonds is 2. The fourth-order valence-corrected chi connectivity index (χ4v) is 1.79. The molecule has 1 atom stereocenters. The first-order valence-corrected chi connectivity index (χ1v) is 5.63. The maximum atomic E-state index is 12.3. The Morgan fingerprint density at radius 1 is 1.28 bits per heavy atom. The molecule has 96 valence electrons. The second-order valence-electron chi connectivity index (χ2n) is 3.50. The molecule has 1 N–H and O–H groups in total. The van der Waals surface area contributed by atoms with E-state index in [0.717, 1.165) is 12.1 Å². The molecule has 0 aliphatic rings. The van der Waals surface area contributed by atoms with Gasteiger partial charge in [-0.15, -0.1) is 0 Å². The summed E-state index contributed by atoms with van der Waals surface area (Å²) in [7, 11) is 0. The molecule has 7 heteroatoms. The van der Waals surface area contributed by atoms with Crippen LogP contribution in [0.4, 0.5) is 13.2 Å². The van der Waals surface area contributed by atoms with E-state index in [1.165, 1.54) is 6.26 Å². The van der Waals surface area contributed by atoms with Crippen LogP contribution in [-0.4, -0.2) is 10.1 Å². The lowest BCUT2D eigenvalue weighted by Crippen LogP contribution is -2.08. The molecule has 2 heterocycles. The molecule has 0 aromatic carbocycles. The minimum atomic E-state index is -4.44. The molecular weight excluding hydrogens is 315 g/mol. The molecule has 0 spiro atoms. The van der Waals surface area contributed by atoms with Gasteiger partial charge in [-0.2, -0.15) is 13.2 Å². The first-order chi connectivity index (χ1) is 8.39. The van der Waals surface area contributed by atoms with E-state index in [2.05, 4.69) is 20.9 Å². The molecular formula is C11H7BrF3NO2. The minimum Gasteiger partial charge on any atom is -0.465 e. The van der Waals surface area contributed by atoms with Crippen LogP contribution < -0.4 is 0 Å². The summed E-state index contributed by atoms with van der Waals surface area (Å²) >= 11 is 3.15. The number of aliphatic hydroxyl groups excluding tert-OH is 1. The molecule has 2 aromatic rings. The Labute approximate surface area is 108 Å². The summed E-state index contributed by atoms with van der Waals surface area (Å²) in [5.74, 6) is 0.197. The fourth-order valence-electron chi connectivity index (χ4n) is 1.37. The molecule has 1 unspecified atom stereocenters. The normalized spacial score (nSPS) is 13.6. The average Bonchev–Trinajstić information content (AvgIpc) is 2.73. The first kappa shape index (κ1) is 13.1. The smallest absolute Gasteiger partial charge is 0.417 e. The van der Waals surface area contributed by atoms with Gasteiger partial charge in [0.15, 0.2) is 11.9 Å². The fraction of sp³-hybridized carbons (Fsp3) is 0.182. The topological polar surface area (TPSA) is 46.3 Å². The molecule has 0 saturated carbocycles. The molecule has 0 bridgehead atoms. The Hall–Kier alpha value is -1.34. The van der Waals surface area contributed by atoms with Gasteiger partial charge in [-0.1, -0.05) is 0 Å². The van der Waals surface area contributed by atoms with Gasteiger partial charge in [0, 0.05) is 6.20 Å². The second-order valence-corrected chi connectivity index (χ2v) is 4.36. The zero-order valence-corrected chi connectivity index (χ0v) is 10.4. The monoisotopic (exact) mass is 321 g/mol. The molecule has 3 nitrogen and oxygen atoms in total. The number of hydrogen-bond acceptors (Lipinski definition) is 3. The van der Waals surface area contributed by atoms with Crippen molar-refractivity contribution in [3.63, 3.8) is 0 Å². The van der Waals surface area contributed by atoms with Crippen LogP contribution >= 0.6 is 15.9 Å². The van der Waals surface area contributed by atoms with Gasteiger partial charge >= 0.3 is 6.18 Å². The Bertz CT molecular complexity index is 536. The van der Waals surface area contributed by atoms with Gasteiger partial charge in [-0.3, -0.25) is 4.98 Å². The third-order valence-electron chi connectivity index (χ3n) is 2.29. The van der Waals surface area contributed by atoms with Crippen LogP contribution in [0.1, 0.15) is 23.1 Å². The highest BCUT2D eigenvalue weighted by Crippen LogP contribution is 2.31. The molecule has 2 rings (SSSR count). The highest BCUT2D eigenvalue weighted by Gasteiger charge is 2.31. The van der Waals surface area contributed by atoms with Crippen LogP contribution in [0.3, 0.4) is 0 Å². The molecule has 0 saturated heterocycles. The van der Waals surface area contributed by atoms with E-state index in [-0.39, 0.29) is 11.5 Å². The molecule has 0 radical (unpaired) electrons. The van der Waals surface area contributed by atoms with Crippen LogP contribution in [0.25, 0.3) is 0 Å². The summed E-state index contributed by atoms with van der Waals surface area (Å²) in [6, 6.07) is 3.55. The van der Waals surface area contributed by atoms with Crippen molar-refractivity contribution in [2.75, 3.05) is 0 Å². The Morgan fingerprint density at radius 2 is 2.00 bits per heavy atom. The van der Waals surface area contributed by atoms with Gasteiger partial charge in [0.2, 0.25) is 0 Å². The van der Waals surface area contributed by atoms with Gasteiger partial charge in [0.1, 0.15) is 0 Å². The molecule has 2 aromatic heterocycles. The largest absolute Gasteiger partial charge is 0.465 e. The maximum Gasteiger partial charge on any atom is 0.417 e. The highest BCUT2D eigenvalue weighted by atomic mass is 79.9. The van der Waals surface area contributed by atoms with Crippen molar-refractivity contribution in [1.29, 1.82) is 0 Å². The van der Waals surface area contributed by atoms with Gasteiger partial charge in [-0.05, 0) is 34.1 Å². The Kier molecular flexibility index (Phi) is 3.45. The predicted octanol–water partition coefficient (Wildman–Crippen LogP) is 3.54. The number of furan rings is 1. The highest BCUT2D eigenvalue weighted by molar-refractivity contribution is 9.10. The van der Waals surface area contributed by atoms with E-state index in [0.29, 0.717) is 10.7 Å². The molecule has 18 heavy (non-hydrogen) atoms. The van der Waals surface area contributed by atoms with Gasteiger partial charge in [-0.25, -0.2) is 0 Å². The van der Waals surface area contributed by atoms with Crippen LogP contribution in [0.5, 0.6) is 0 Å². The van der Waals surface area contributed by atoms with E-state index in [9.17, 15) is 18.3 Å². The lowest BCUT2D eigenvalue weighted by Gasteiger charge is -2.10. The summed E-state index contributed by atoms with van der Waals surface area (Å²) in [5, 5.41) is 9.89. The van der Waals surface area contributed by atoms with E-state index >= 15 is 0 Å². The molecule has 0 fully saturated rings. The number of pyridine rings is 1. The SMILES string of the molecule is OC(c1ccc(C(F)(F)F)cn1)c1occc1Br. The third-order valence-corrected chi connectivity index (χ3v) is 2.94. The van der Waals surface area contributed by atoms with Crippen molar-refractivity contribution < 1.29 is 22.7 Å². The van der Waals surface area contributed by atoms with E-state index < -0.39 is 17.8 Å². The van der Waals surface area contributed by atoms with Gasteiger partial charge < -0.3 is 9.52 Å². The number of halogens is 4. The Morgan fingerprint density at radius 3 is 2.44 bits per heavy atom. The minimum absolute atomic E-state index is 0.0821. The van der Waals surface area contributed by atoms with Crippen LogP contribution in [0, 0.1) is 0 Å². The van der Waals surface area contributed by atoms with E-state index in [1.807, 2.05) is 0 Å². The van der Waals surface area contributed by atoms with Crippen molar-refractivity contribution >= 4 is 15.9 Å². The zero-order chi connectivity index (χ0) is 13.3. The van der Waals surface area contributed by atoms with Crippen molar-refractivity contribution in [3.8, 4) is 0 Å². The van der Waals surface area contributed by atoms with E-state index in [1.54, 1.807) is 6.07 Å². The maximum absolute atomic E-state index is 12.3. The zero-order valence-electron chi connectivity index (χ0n) is 8.78. The van der Waals surface area contributed by atoms with Crippen molar-refractivity contribution in [3.05, 3.63) is 52.1 Å². The Balaban J connectivity index is 2.28. The summed E-state index contributed by atoms with van der Waals surface area (Å²) in [6.07, 6.45) is -3.62. The van der Waals surface area contributed by atoms with Crippen molar-refractivity contribution in [1.82, 2.24) is 4.98 Å². The second kappa shape index (κ2) is 4.74. The lowest BCUT2D eigenvalue weighted by molar-refractivity contribution is -0.137. The lowest BCUT2D eigenvalue weighted by atomic mass is 10.1. The van der Waals surface area contributed by atoms with Crippen LogP contribution in [0.15, 0.2) is 39.5 Å². The standard InChI is InChI=1S/C11H7BrF3NO2/c12-7-3-4-18-10(7)9(17)8-2-1-6(5-16-8)11(13,14)15/h1-5,9,17H. The summed E-state index contributed by atoms with van der Waals surface area (Å²) < 4.78 is 42.5. The van der Waals surface area contributed by atoms with Crippen molar-refractivity contribution in [2.24, 2.45) is 0 Å². The molecule has 0 aliphatic carbocycles. The predicted molar refractivity (Wildman–Crippen MR) is 59.7 cm³/mol. The number of alkyl halides is 3.